The molecule has 6 heteroatoms. The number of aromatic nitrogens is 2. The molecule has 1 heterocycles. The van der Waals surface area contributed by atoms with Gasteiger partial charge in [-0.3, -0.25) is 9.36 Å². The lowest BCUT2D eigenvalue weighted by atomic mass is 10.1. The summed E-state index contributed by atoms with van der Waals surface area (Å²) >= 11 is 12.2. The van der Waals surface area contributed by atoms with Crippen molar-refractivity contribution in [2.75, 3.05) is 0 Å². The number of carbonyl (C=O) groups is 1. The van der Waals surface area contributed by atoms with Crippen molar-refractivity contribution >= 4 is 40.2 Å². The predicted molar refractivity (Wildman–Crippen MR) is 91.8 cm³/mol. The van der Waals surface area contributed by atoms with Crippen molar-refractivity contribution in [3.63, 3.8) is 0 Å². The second-order valence-electron chi connectivity index (χ2n) is 5.21. The molecule has 3 rings (SSSR count). The Bertz CT molecular complexity index is 886. The van der Waals surface area contributed by atoms with Crippen LogP contribution in [0, 0.1) is 0 Å². The number of benzene rings is 2. The first kappa shape index (κ1) is 15.8. The molecule has 118 valence electrons. The van der Waals surface area contributed by atoms with E-state index in [1.54, 1.807) is 12.1 Å². The molecule has 0 spiro atoms. The van der Waals surface area contributed by atoms with Crippen LogP contribution in [0.15, 0.2) is 36.4 Å². The summed E-state index contributed by atoms with van der Waals surface area (Å²) in [4.78, 5) is 15.4. The fourth-order valence-corrected chi connectivity index (χ4v) is 2.90. The molecule has 0 unspecified atom stereocenters. The first-order chi connectivity index (χ1) is 11.0. The van der Waals surface area contributed by atoms with Gasteiger partial charge < -0.3 is 5.11 Å². The predicted octanol–water partition coefficient (Wildman–Crippen LogP) is 4.52. The third kappa shape index (κ3) is 3.05. The van der Waals surface area contributed by atoms with Crippen LogP contribution in [0.2, 0.25) is 10.0 Å². The standard InChI is InChI=1S/C17H14Cl2N2O2/c1-2-16-20-14-8-12(18)13(19)9-15(14)21(16)11-5-3-10(4-6-11)7-17(22)23/h3-6,8-9H,2,7H2,1H3,(H,22,23). The number of imidazole rings is 1. The molecular weight excluding hydrogens is 335 g/mol. The van der Waals surface area contributed by atoms with E-state index in [9.17, 15) is 4.79 Å². The molecule has 0 aliphatic rings. The first-order valence-electron chi connectivity index (χ1n) is 7.17. The second kappa shape index (κ2) is 6.22. The summed E-state index contributed by atoms with van der Waals surface area (Å²) in [6, 6.07) is 11.0. The first-order valence-corrected chi connectivity index (χ1v) is 7.92. The maximum absolute atomic E-state index is 10.8. The molecule has 0 radical (unpaired) electrons. The van der Waals surface area contributed by atoms with E-state index in [2.05, 4.69) is 4.98 Å². The molecule has 23 heavy (non-hydrogen) atoms. The van der Waals surface area contributed by atoms with Crippen molar-refractivity contribution in [2.24, 2.45) is 0 Å². The summed E-state index contributed by atoms with van der Waals surface area (Å²) in [5.74, 6) is 0.0471. The van der Waals surface area contributed by atoms with E-state index in [0.717, 1.165) is 34.5 Å². The summed E-state index contributed by atoms with van der Waals surface area (Å²) in [7, 11) is 0. The van der Waals surface area contributed by atoms with Crippen LogP contribution in [0.25, 0.3) is 16.7 Å². The van der Waals surface area contributed by atoms with Crippen molar-refractivity contribution in [3.05, 3.63) is 57.8 Å². The largest absolute Gasteiger partial charge is 0.481 e. The zero-order valence-corrected chi connectivity index (χ0v) is 13.9. The number of aliphatic carboxylic acids is 1. The molecule has 4 nitrogen and oxygen atoms in total. The molecule has 0 saturated carbocycles. The number of carboxylic acids is 1. The Balaban J connectivity index is 2.14. The summed E-state index contributed by atoms with van der Waals surface area (Å²) in [6.07, 6.45) is 0.758. The highest BCUT2D eigenvalue weighted by Gasteiger charge is 2.13. The normalized spacial score (nSPS) is 11.1. The molecule has 0 aliphatic carbocycles. The maximum atomic E-state index is 10.8. The third-order valence-electron chi connectivity index (χ3n) is 3.63. The smallest absolute Gasteiger partial charge is 0.307 e. The molecule has 0 amide bonds. The van der Waals surface area contributed by atoms with Crippen LogP contribution in [-0.2, 0) is 17.6 Å². The summed E-state index contributed by atoms with van der Waals surface area (Å²) in [6.45, 7) is 2.03. The average Bonchev–Trinajstić information content (AvgIpc) is 2.85. The van der Waals surface area contributed by atoms with Crippen LogP contribution in [-0.4, -0.2) is 20.6 Å². The number of fused-ring (bicyclic) bond motifs is 1. The fraction of sp³-hybridized carbons (Fsp3) is 0.176. The topological polar surface area (TPSA) is 55.1 Å². The van der Waals surface area contributed by atoms with E-state index in [1.165, 1.54) is 0 Å². The number of halogens is 2. The zero-order valence-electron chi connectivity index (χ0n) is 12.4. The van der Waals surface area contributed by atoms with Crippen LogP contribution in [0.4, 0.5) is 0 Å². The maximum Gasteiger partial charge on any atom is 0.307 e. The molecule has 2 aromatic carbocycles. The quantitative estimate of drug-likeness (QED) is 0.753. The van der Waals surface area contributed by atoms with Gasteiger partial charge in [-0.25, -0.2) is 4.98 Å². The highest BCUT2D eigenvalue weighted by atomic mass is 35.5. The second-order valence-corrected chi connectivity index (χ2v) is 6.02. The molecule has 0 bridgehead atoms. The summed E-state index contributed by atoms with van der Waals surface area (Å²) < 4.78 is 2.02. The van der Waals surface area contributed by atoms with E-state index in [1.807, 2.05) is 35.8 Å². The molecule has 0 fully saturated rings. The van der Waals surface area contributed by atoms with Crippen molar-refractivity contribution in [1.29, 1.82) is 0 Å². The van der Waals surface area contributed by atoms with Gasteiger partial charge in [-0.2, -0.15) is 0 Å². The Kier molecular flexibility index (Phi) is 4.28. The van der Waals surface area contributed by atoms with Crippen LogP contribution < -0.4 is 0 Å². The van der Waals surface area contributed by atoms with Crippen molar-refractivity contribution in [1.82, 2.24) is 9.55 Å². The minimum Gasteiger partial charge on any atom is -0.481 e. The highest BCUT2D eigenvalue weighted by molar-refractivity contribution is 6.42. The molecule has 0 aliphatic heterocycles. The number of hydrogen-bond donors (Lipinski definition) is 1. The lowest BCUT2D eigenvalue weighted by Gasteiger charge is -2.09. The van der Waals surface area contributed by atoms with E-state index in [-0.39, 0.29) is 6.42 Å². The van der Waals surface area contributed by atoms with E-state index in [0.29, 0.717) is 10.0 Å². The number of aryl methyl sites for hydroxylation is 1. The van der Waals surface area contributed by atoms with Crippen LogP contribution >= 0.6 is 23.2 Å². The number of nitrogens with zero attached hydrogens (tertiary/aromatic N) is 2. The Labute approximate surface area is 143 Å². The molecule has 1 N–H and O–H groups in total. The van der Waals surface area contributed by atoms with Gasteiger partial charge in [0.05, 0.1) is 27.5 Å². The number of rotatable bonds is 4. The molecule has 3 aromatic rings. The lowest BCUT2D eigenvalue weighted by molar-refractivity contribution is -0.136. The van der Waals surface area contributed by atoms with E-state index >= 15 is 0 Å². The number of hydrogen-bond acceptors (Lipinski definition) is 2. The van der Waals surface area contributed by atoms with Gasteiger partial charge in [-0.15, -0.1) is 0 Å². The van der Waals surface area contributed by atoms with Gasteiger partial charge in [0.15, 0.2) is 0 Å². The Morgan fingerprint density at radius 2 is 1.83 bits per heavy atom. The van der Waals surface area contributed by atoms with Gasteiger partial charge >= 0.3 is 5.97 Å². The van der Waals surface area contributed by atoms with Gasteiger partial charge in [0.1, 0.15) is 5.82 Å². The van der Waals surface area contributed by atoms with Crippen LogP contribution in [0.1, 0.15) is 18.3 Å². The van der Waals surface area contributed by atoms with Crippen LogP contribution in [0.3, 0.4) is 0 Å². The van der Waals surface area contributed by atoms with Gasteiger partial charge in [0, 0.05) is 12.1 Å². The molecule has 1 aromatic heterocycles. The van der Waals surface area contributed by atoms with E-state index in [4.69, 9.17) is 28.3 Å². The van der Waals surface area contributed by atoms with Gasteiger partial charge in [-0.1, -0.05) is 42.3 Å². The van der Waals surface area contributed by atoms with Crippen LogP contribution in [0.5, 0.6) is 0 Å². The van der Waals surface area contributed by atoms with Gasteiger partial charge in [0.25, 0.3) is 0 Å². The highest BCUT2D eigenvalue weighted by Crippen LogP contribution is 2.30. The van der Waals surface area contributed by atoms with Gasteiger partial charge in [-0.05, 0) is 29.8 Å². The Hall–Kier alpha value is -2.04. The Morgan fingerprint density at radius 1 is 1.17 bits per heavy atom. The zero-order chi connectivity index (χ0) is 16.6. The molecule has 0 saturated heterocycles. The SMILES string of the molecule is CCc1nc2cc(Cl)c(Cl)cc2n1-c1ccc(CC(=O)O)cc1. The molecular formula is C17H14Cl2N2O2. The molecule has 0 atom stereocenters. The minimum atomic E-state index is -0.846. The summed E-state index contributed by atoms with van der Waals surface area (Å²) in [5.41, 5.74) is 3.33. The monoisotopic (exact) mass is 348 g/mol. The van der Waals surface area contributed by atoms with Crippen molar-refractivity contribution in [3.8, 4) is 5.69 Å². The number of carboxylic acid groups (broad SMARTS) is 1. The van der Waals surface area contributed by atoms with E-state index < -0.39 is 5.97 Å². The minimum absolute atomic E-state index is 0.00697. The average molecular weight is 349 g/mol. The van der Waals surface area contributed by atoms with Crippen molar-refractivity contribution < 1.29 is 9.90 Å². The Morgan fingerprint density at radius 3 is 2.43 bits per heavy atom. The third-order valence-corrected chi connectivity index (χ3v) is 4.35. The van der Waals surface area contributed by atoms with Gasteiger partial charge in [0.2, 0.25) is 0 Å². The lowest BCUT2D eigenvalue weighted by Crippen LogP contribution is -2.02. The van der Waals surface area contributed by atoms with Crippen molar-refractivity contribution in [2.45, 2.75) is 19.8 Å². The summed E-state index contributed by atoms with van der Waals surface area (Å²) in [5, 5.41) is 9.81. The fourth-order valence-electron chi connectivity index (χ4n) is 2.59.